The molecule has 0 spiro atoms. The van der Waals surface area contributed by atoms with E-state index in [1.54, 1.807) is 14.2 Å². The number of anilines is 1. The molecule has 0 aliphatic rings. The average Bonchev–Trinajstić information content (AvgIpc) is 2.65. The molecule has 0 bridgehead atoms. The fraction of sp³-hybridized carbons (Fsp3) is 0.750. The third-order valence-electron chi connectivity index (χ3n) is 2.24. The Hall–Kier alpha value is -1.10. The van der Waals surface area contributed by atoms with Crippen LogP contribution in [0.1, 0.15) is 26.1 Å². The van der Waals surface area contributed by atoms with Gasteiger partial charge < -0.3 is 14.6 Å². The van der Waals surface area contributed by atoms with Gasteiger partial charge in [0.2, 0.25) is 5.82 Å². The zero-order chi connectivity index (χ0) is 9.90. The largest absolute Gasteiger partial charge is 0.370 e. The van der Waals surface area contributed by atoms with Crippen molar-refractivity contribution in [3.05, 3.63) is 5.82 Å². The summed E-state index contributed by atoms with van der Waals surface area (Å²) < 4.78 is 10.2. The average molecular weight is 185 g/mol. The smallest absolute Gasteiger partial charge is 0.321 e. The summed E-state index contributed by atoms with van der Waals surface area (Å²) in [5.41, 5.74) is -0.460. The Kier molecular flexibility index (Phi) is 2.87. The number of nitrogens with zero attached hydrogens (tertiary/aromatic N) is 2. The molecule has 13 heavy (non-hydrogen) atoms. The van der Waals surface area contributed by atoms with E-state index in [-0.39, 0.29) is 0 Å². The van der Waals surface area contributed by atoms with Crippen LogP contribution in [-0.2, 0) is 10.3 Å². The lowest BCUT2D eigenvalue weighted by Gasteiger charge is -2.21. The number of ether oxygens (including phenoxy) is 1. The van der Waals surface area contributed by atoms with Crippen LogP contribution < -0.4 is 5.32 Å². The molecule has 1 heterocycles. The molecule has 1 N–H and O–H groups in total. The highest BCUT2D eigenvalue weighted by molar-refractivity contribution is 5.18. The predicted molar refractivity (Wildman–Crippen MR) is 48.5 cm³/mol. The first-order valence-electron chi connectivity index (χ1n) is 4.23. The summed E-state index contributed by atoms with van der Waals surface area (Å²) in [6.45, 7) is 3.94. The minimum absolute atomic E-state index is 0.409. The van der Waals surface area contributed by atoms with Crippen LogP contribution in [0.25, 0.3) is 0 Å². The van der Waals surface area contributed by atoms with Crippen LogP contribution in [0.15, 0.2) is 4.52 Å². The molecule has 1 unspecified atom stereocenters. The summed E-state index contributed by atoms with van der Waals surface area (Å²) in [6, 6.07) is 0.409. The molecular formula is C8H15N3O2. The molecule has 5 heteroatoms. The van der Waals surface area contributed by atoms with E-state index in [1.807, 2.05) is 13.8 Å². The van der Waals surface area contributed by atoms with Gasteiger partial charge in [-0.05, 0) is 13.3 Å². The minimum atomic E-state index is -0.460. The molecule has 74 valence electrons. The molecule has 0 aromatic carbocycles. The van der Waals surface area contributed by atoms with Crippen LogP contribution in [0.3, 0.4) is 0 Å². The van der Waals surface area contributed by atoms with Gasteiger partial charge in [0, 0.05) is 14.2 Å². The van der Waals surface area contributed by atoms with E-state index < -0.39 is 5.60 Å². The number of rotatable bonds is 4. The molecular weight excluding hydrogens is 170 g/mol. The molecule has 1 aromatic rings. The van der Waals surface area contributed by atoms with E-state index in [2.05, 4.69) is 15.5 Å². The summed E-state index contributed by atoms with van der Waals surface area (Å²) >= 11 is 0. The lowest BCUT2D eigenvalue weighted by molar-refractivity contribution is -0.0106. The molecule has 0 saturated heterocycles. The minimum Gasteiger partial charge on any atom is -0.370 e. The van der Waals surface area contributed by atoms with Gasteiger partial charge in [0.25, 0.3) is 0 Å². The number of nitrogens with one attached hydrogen (secondary N) is 1. The van der Waals surface area contributed by atoms with E-state index in [0.717, 1.165) is 6.42 Å². The van der Waals surface area contributed by atoms with Gasteiger partial charge in [-0.3, -0.25) is 0 Å². The monoisotopic (exact) mass is 185 g/mol. The third-order valence-corrected chi connectivity index (χ3v) is 2.24. The number of methoxy groups -OCH3 is 1. The zero-order valence-corrected chi connectivity index (χ0v) is 8.42. The van der Waals surface area contributed by atoms with Crippen molar-refractivity contribution < 1.29 is 9.26 Å². The maximum absolute atomic E-state index is 5.32. The molecule has 1 rings (SSSR count). The molecule has 0 fully saturated rings. The summed E-state index contributed by atoms with van der Waals surface area (Å²) in [5.74, 6) is 0.571. The summed E-state index contributed by atoms with van der Waals surface area (Å²) in [4.78, 5) is 4.13. The Morgan fingerprint density at radius 2 is 2.31 bits per heavy atom. The summed E-state index contributed by atoms with van der Waals surface area (Å²) in [5, 5.41) is 6.60. The van der Waals surface area contributed by atoms with Crippen molar-refractivity contribution in [2.45, 2.75) is 25.9 Å². The van der Waals surface area contributed by atoms with Gasteiger partial charge in [0.1, 0.15) is 5.60 Å². The number of aromatic nitrogens is 2. The van der Waals surface area contributed by atoms with E-state index in [0.29, 0.717) is 11.8 Å². The number of hydrogen-bond donors (Lipinski definition) is 1. The Labute approximate surface area is 77.5 Å². The van der Waals surface area contributed by atoms with E-state index >= 15 is 0 Å². The van der Waals surface area contributed by atoms with Crippen LogP contribution in [0.2, 0.25) is 0 Å². The SMILES string of the molecule is CCC(C)(OC)c1noc(NC)n1. The predicted octanol–water partition coefficient (Wildman–Crippen LogP) is 1.38. The Balaban J connectivity index is 2.91. The Morgan fingerprint density at radius 1 is 1.62 bits per heavy atom. The molecule has 0 amide bonds. The van der Waals surface area contributed by atoms with Crippen molar-refractivity contribution in [2.75, 3.05) is 19.5 Å². The first-order chi connectivity index (χ1) is 6.16. The highest BCUT2D eigenvalue weighted by Gasteiger charge is 2.29. The van der Waals surface area contributed by atoms with Crippen molar-refractivity contribution in [3.8, 4) is 0 Å². The standard InChI is InChI=1S/C8H15N3O2/c1-5-8(2,12-4)6-10-7(9-3)13-11-6/h5H2,1-4H3,(H,9,10,11). The topological polar surface area (TPSA) is 60.2 Å². The molecule has 1 atom stereocenters. The molecule has 1 aromatic heterocycles. The van der Waals surface area contributed by atoms with Crippen molar-refractivity contribution in [1.82, 2.24) is 10.1 Å². The van der Waals surface area contributed by atoms with Gasteiger partial charge in [-0.25, -0.2) is 0 Å². The van der Waals surface area contributed by atoms with Crippen LogP contribution in [0, 0.1) is 0 Å². The van der Waals surface area contributed by atoms with Crippen LogP contribution in [0.5, 0.6) is 0 Å². The zero-order valence-electron chi connectivity index (χ0n) is 8.42. The fourth-order valence-corrected chi connectivity index (χ4v) is 0.934. The van der Waals surface area contributed by atoms with Crippen molar-refractivity contribution in [2.24, 2.45) is 0 Å². The lowest BCUT2D eigenvalue weighted by atomic mass is 10.0. The first-order valence-corrected chi connectivity index (χ1v) is 4.23. The van der Waals surface area contributed by atoms with Gasteiger partial charge in [-0.1, -0.05) is 12.1 Å². The Morgan fingerprint density at radius 3 is 2.69 bits per heavy atom. The van der Waals surface area contributed by atoms with Crippen LogP contribution in [-0.4, -0.2) is 24.3 Å². The van der Waals surface area contributed by atoms with E-state index in [4.69, 9.17) is 9.26 Å². The fourth-order valence-electron chi connectivity index (χ4n) is 0.934. The summed E-state index contributed by atoms with van der Waals surface area (Å²) in [7, 11) is 3.37. The van der Waals surface area contributed by atoms with Crippen molar-refractivity contribution >= 4 is 6.01 Å². The second kappa shape index (κ2) is 3.74. The highest BCUT2D eigenvalue weighted by atomic mass is 16.5. The molecule has 0 saturated carbocycles. The maximum atomic E-state index is 5.32. The molecule has 0 radical (unpaired) electrons. The van der Waals surface area contributed by atoms with Crippen molar-refractivity contribution in [3.63, 3.8) is 0 Å². The second-order valence-electron chi connectivity index (χ2n) is 2.96. The molecule has 0 aliphatic heterocycles. The van der Waals surface area contributed by atoms with Gasteiger partial charge >= 0.3 is 6.01 Å². The molecule has 0 aliphatic carbocycles. The van der Waals surface area contributed by atoms with Gasteiger partial charge in [-0.15, -0.1) is 0 Å². The number of hydrogen-bond acceptors (Lipinski definition) is 5. The van der Waals surface area contributed by atoms with E-state index in [9.17, 15) is 0 Å². The lowest BCUT2D eigenvalue weighted by Crippen LogP contribution is -2.24. The normalized spacial score (nSPS) is 15.4. The van der Waals surface area contributed by atoms with Crippen LogP contribution in [0.4, 0.5) is 6.01 Å². The quantitative estimate of drug-likeness (QED) is 0.767. The van der Waals surface area contributed by atoms with Crippen molar-refractivity contribution in [1.29, 1.82) is 0 Å². The summed E-state index contributed by atoms with van der Waals surface area (Å²) in [6.07, 6.45) is 0.798. The van der Waals surface area contributed by atoms with Gasteiger partial charge in [-0.2, -0.15) is 4.98 Å². The first kappa shape index (κ1) is 9.98. The second-order valence-corrected chi connectivity index (χ2v) is 2.96. The maximum Gasteiger partial charge on any atom is 0.321 e. The Bertz CT molecular complexity index is 268. The molecule has 5 nitrogen and oxygen atoms in total. The van der Waals surface area contributed by atoms with Crippen LogP contribution >= 0.6 is 0 Å². The van der Waals surface area contributed by atoms with Gasteiger partial charge in [0.05, 0.1) is 0 Å². The third kappa shape index (κ3) is 1.80. The highest BCUT2D eigenvalue weighted by Crippen LogP contribution is 2.25. The van der Waals surface area contributed by atoms with Gasteiger partial charge in [0.15, 0.2) is 0 Å². The van der Waals surface area contributed by atoms with E-state index in [1.165, 1.54) is 0 Å².